The Balaban J connectivity index is 1.30. The third-order valence-electron chi connectivity index (χ3n) is 8.61. The van der Waals surface area contributed by atoms with Gasteiger partial charge in [0.15, 0.2) is 0 Å². The van der Waals surface area contributed by atoms with E-state index < -0.39 is 0 Å². The van der Waals surface area contributed by atoms with Crippen LogP contribution in [0.5, 0.6) is 0 Å². The molecule has 3 aliphatic heterocycles. The third-order valence-corrected chi connectivity index (χ3v) is 8.61. The van der Waals surface area contributed by atoms with Crippen LogP contribution in [0, 0.1) is 18.8 Å². The number of hydrogen-bond acceptors (Lipinski definition) is 6. The molecule has 3 atom stereocenters. The highest BCUT2D eigenvalue weighted by molar-refractivity contribution is 5.91. The van der Waals surface area contributed by atoms with Crippen LogP contribution in [0.1, 0.15) is 31.7 Å². The first-order valence-corrected chi connectivity index (χ1v) is 13.5. The molecule has 4 aliphatic rings. The van der Waals surface area contributed by atoms with E-state index in [4.69, 9.17) is 15.5 Å². The summed E-state index contributed by atoms with van der Waals surface area (Å²) in [4.78, 5) is 24.6. The van der Waals surface area contributed by atoms with Crippen LogP contribution in [0.25, 0.3) is 11.1 Å². The van der Waals surface area contributed by atoms with Crippen LogP contribution in [0.15, 0.2) is 30.3 Å². The minimum absolute atomic E-state index is 0.00490. The van der Waals surface area contributed by atoms with Crippen molar-refractivity contribution in [2.75, 3.05) is 67.6 Å². The number of anilines is 3. The van der Waals surface area contributed by atoms with Gasteiger partial charge in [-0.05, 0) is 72.6 Å². The lowest BCUT2D eigenvalue weighted by Gasteiger charge is -2.30. The van der Waals surface area contributed by atoms with Gasteiger partial charge in [0.05, 0.1) is 13.2 Å². The summed E-state index contributed by atoms with van der Waals surface area (Å²) in [5.41, 5.74) is 10.7. The average Bonchev–Trinajstić information content (AvgIpc) is 3.22. The number of aryl methyl sites for hydroxylation is 1. The van der Waals surface area contributed by atoms with E-state index in [9.17, 15) is 4.79 Å². The van der Waals surface area contributed by atoms with Gasteiger partial charge >= 0.3 is 6.03 Å². The summed E-state index contributed by atoms with van der Waals surface area (Å²) in [6, 6.07) is 10.6. The molecule has 6 rings (SSSR count). The van der Waals surface area contributed by atoms with Crippen molar-refractivity contribution in [1.82, 2.24) is 9.88 Å². The molecule has 0 radical (unpaired) electrons. The number of pyridine rings is 1. The van der Waals surface area contributed by atoms with Crippen LogP contribution in [0.4, 0.5) is 22.1 Å². The van der Waals surface area contributed by atoms with E-state index in [0.717, 1.165) is 100 Å². The maximum Gasteiger partial charge on any atom is 0.321 e. The summed E-state index contributed by atoms with van der Waals surface area (Å²) in [6.45, 7) is 10.9. The summed E-state index contributed by atoms with van der Waals surface area (Å²) >= 11 is 0. The van der Waals surface area contributed by atoms with Crippen molar-refractivity contribution >= 4 is 23.4 Å². The molecule has 0 bridgehead atoms. The molecule has 3 N–H and O–H groups in total. The summed E-state index contributed by atoms with van der Waals surface area (Å²) in [6.07, 6.45) is 3.34. The standard InChI is InChI=1S/C28H38N6O2/c1-3-20-6-7-33(16-20)27(35)30-23-5-4-19(2)24(14-23)21-12-25(32-8-10-36-11-9-32)31-26(13-21)34-17-22-15-28(22,29)18-34/h4-5,12-14,20,22H,3,6-11,15-18,29H2,1-2H3,(H,30,35)/t20-,22?,28+/m1/s1. The van der Waals surface area contributed by atoms with Crippen molar-refractivity contribution in [1.29, 1.82) is 0 Å². The Morgan fingerprint density at radius 2 is 1.92 bits per heavy atom. The summed E-state index contributed by atoms with van der Waals surface area (Å²) < 4.78 is 5.59. The van der Waals surface area contributed by atoms with Crippen molar-refractivity contribution in [3.63, 3.8) is 0 Å². The van der Waals surface area contributed by atoms with Gasteiger partial charge in [0.25, 0.3) is 0 Å². The summed E-state index contributed by atoms with van der Waals surface area (Å²) in [5.74, 6) is 3.16. The Kier molecular flexibility index (Phi) is 6.04. The number of nitrogens with zero attached hydrogens (tertiary/aromatic N) is 4. The zero-order valence-corrected chi connectivity index (χ0v) is 21.5. The molecule has 8 heteroatoms. The van der Waals surface area contributed by atoms with E-state index in [-0.39, 0.29) is 11.6 Å². The highest BCUT2D eigenvalue weighted by Gasteiger charge is 2.57. The van der Waals surface area contributed by atoms with Crippen molar-refractivity contribution in [2.24, 2.45) is 17.6 Å². The Bertz CT molecular complexity index is 1150. The highest BCUT2D eigenvalue weighted by atomic mass is 16.5. The number of fused-ring (bicyclic) bond motifs is 1. The molecule has 0 spiro atoms. The van der Waals surface area contributed by atoms with Gasteiger partial charge in [-0.15, -0.1) is 0 Å². The second-order valence-corrected chi connectivity index (χ2v) is 11.2. The van der Waals surface area contributed by atoms with Gasteiger partial charge in [0.2, 0.25) is 0 Å². The second kappa shape index (κ2) is 9.23. The Hall–Kier alpha value is -2.84. The number of hydrogen-bond donors (Lipinski definition) is 2. The van der Waals surface area contributed by atoms with E-state index >= 15 is 0 Å². The number of carbonyl (C=O) groups excluding carboxylic acids is 1. The molecule has 8 nitrogen and oxygen atoms in total. The fourth-order valence-corrected chi connectivity index (χ4v) is 6.04. The number of rotatable bonds is 5. The van der Waals surface area contributed by atoms with Crippen molar-refractivity contribution < 1.29 is 9.53 Å². The van der Waals surface area contributed by atoms with Crippen LogP contribution in [0.3, 0.4) is 0 Å². The van der Waals surface area contributed by atoms with Crippen molar-refractivity contribution in [3.8, 4) is 11.1 Å². The minimum atomic E-state index is -0.0384. The van der Waals surface area contributed by atoms with Crippen LogP contribution in [-0.4, -0.2) is 73.9 Å². The fraction of sp³-hybridized carbons (Fsp3) is 0.571. The number of piperidine rings is 1. The summed E-state index contributed by atoms with van der Waals surface area (Å²) in [5, 5.41) is 3.15. The molecule has 192 valence electrons. The lowest BCUT2D eigenvalue weighted by molar-refractivity contribution is 0.122. The molecule has 4 fully saturated rings. The van der Waals surface area contributed by atoms with E-state index in [0.29, 0.717) is 11.8 Å². The number of nitrogens with one attached hydrogen (secondary N) is 1. The molecule has 1 saturated carbocycles. The Morgan fingerprint density at radius 1 is 1.14 bits per heavy atom. The monoisotopic (exact) mass is 490 g/mol. The molecular weight excluding hydrogens is 452 g/mol. The number of urea groups is 1. The number of nitrogens with two attached hydrogens (primary N) is 1. The zero-order chi connectivity index (χ0) is 24.9. The summed E-state index contributed by atoms with van der Waals surface area (Å²) in [7, 11) is 0. The van der Waals surface area contributed by atoms with Gasteiger partial charge in [-0.3, -0.25) is 0 Å². The quantitative estimate of drug-likeness (QED) is 0.665. The van der Waals surface area contributed by atoms with Gasteiger partial charge in [0, 0.05) is 50.5 Å². The van der Waals surface area contributed by atoms with E-state index in [2.05, 4.69) is 53.2 Å². The number of carbonyl (C=O) groups is 1. The molecule has 4 heterocycles. The molecule has 1 aromatic carbocycles. The van der Waals surface area contributed by atoms with Gasteiger partial charge in [0.1, 0.15) is 11.6 Å². The number of benzene rings is 1. The van der Waals surface area contributed by atoms with Crippen LogP contribution in [-0.2, 0) is 4.74 Å². The molecule has 1 unspecified atom stereocenters. The van der Waals surface area contributed by atoms with Crippen LogP contribution >= 0.6 is 0 Å². The van der Waals surface area contributed by atoms with Gasteiger partial charge in [-0.2, -0.15) is 0 Å². The molecule has 3 saturated heterocycles. The Morgan fingerprint density at radius 3 is 2.61 bits per heavy atom. The first-order valence-electron chi connectivity index (χ1n) is 13.5. The number of likely N-dealkylation sites (tertiary alicyclic amines) is 1. The molecule has 36 heavy (non-hydrogen) atoms. The third kappa shape index (κ3) is 4.52. The van der Waals surface area contributed by atoms with Crippen molar-refractivity contribution in [2.45, 2.75) is 38.6 Å². The number of aromatic nitrogens is 1. The van der Waals surface area contributed by atoms with Gasteiger partial charge in [-0.1, -0.05) is 19.4 Å². The predicted octanol–water partition coefficient (Wildman–Crippen LogP) is 3.69. The minimum Gasteiger partial charge on any atom is -0.378 e. The smallest absolute Gasteiger partial charge is 0.321 e. The van der Waals surface area contributed by atoms with E-state index in [1.807, 2.05) is 11.0 Å². The fourth-order valence-electron chi connectivity index (χ4n) is 6.04. The van der Waals surface area contributed by atoms with Gasteiger partial charge < -0.3 is 30.5 Å². The molecule has 2 amide bonds. The molecule has 2 aromatic rings. The van der Waals surface area contributed by atoms with Crippen LogP contribution < -0.4 is 20.9 Å². The second-order valence-electron chi connectivity index (χ2n) is 11.2. The topological polar surface area (TPSA) is 87.0 Å². The molecule has 1 aliphatic carbocycles. The first kappa shape index (κ1) is 23.6. The van der Waals surface area contributed by atoms with E-state index in [1.54, 1.807) is 0 Å². The largest absolute Gasteiger partial charge is 0.378 e. The lowest BCUT2D eigenvalue weighted by Crippen LogP contribution is -2.37. The van der Waals surface area contributed by atoms with Gasteiger partial charge in [-0.25, -0.2) is 9.78 Å². The zero-order valence-electron chi connectivity index (χ0n) is 21.5. The number of ether oxygens (including phenoxy) is 1. The predicted molar refractivity (Wildman–Crippen MR) is 144 cm³/mol. The maximum atomic E-state index is 12.9. The number of morpholine rings is 1. The molecular formula is C28H38N6O2. The first-order chi connectivity index (χ1) is 17.4. The normalized spacial score (nSPS) is 27.4. The van der Waals surface area contributed by atoms with E-state index in [1.165, 1.54) is 5.56 Å². The van der Waals surface area contributed by atoms with Crippen molar-refractivity contribution in [3.05, 3.63) is 35.9 Å². The highest BCUT2D eigenvalue weighted by Crippen LogP contribution is 2.48. The number of amides is 2. The lowest BCUT2D eigenvalue weighted by atomic mass is 10.00. The maximum absolute atomic E-state index is 12.9. The molecule has 1 aromatic heterocycles. The van der Waals surface area contributed by atoms with Crippen LogP contribution in [0.2, 0.25) is 0 Å². The average molecular weight is 491 g/mol. The SMILES string of the molecule is CC[C@@H]1CCN(C(=O)Nc2ccc(C)c(-c3cc(N4CCOCC4)nc(N4CC5C[C@]5(N)C4)c3)c2)C1. The Labute approximate surface area is 213 Å².